The molecule has 0 radical (unpaired) electrons. The van der Waals surface area contributed by atoms with Gasteiger partial charge >= 0.3 is 5.63 Å². The fraction of sp³-hybridized carbons (Fsp3) is 0.450. The van der Waals surface area contributed by atoms with Gasteiger partial charge in [0.25, 0.3) is 5.91 Å². The van der Waals surface area contributed by atoms with E-state index in [1.165, 1.54) is 0 Å². The molecular weight excluding hydrogens is 332 g/mol. The van der Waals surface area contributed by atoms with E-state index in [4.69, 9.17) is 9.15 Å². The maximum absolute atomic E-state index is 13.0. The van der Waals surface area contributed by atoms with Gasteiger partial charge in [-0.15, -0.1) is 0 Å². The van der Waals surface area contributed by atoms with Crippen molar-refractivity contribution in [2.45, 2.75) is 38.6 Å². The van der Waals surface area contributed by atoms with E-state index in [9.17, 15) is 9.59 Å². The Morgan fingerprint density at radius 3 is 2.77 bits per heavy atom. The first-order chi connectivity index (χ1) is 12.6. The highest BCUT2D eigenvalue weighted by Crippen LogP contribution is 2.36. The Morgan fingerprint density at radius 1 is 1.38 bits per heavy atom. The van der Waals surface area contributed by atoms with Crippen molar-refractivity contribution in [3.8, 4) is 0 Å². The second-order valence-electron chi connectivity index (χ2n) is 6.66. The van der Waals surface area contributed by atoms with Crippen molar-refractivity contribution in [1.82, 2.24) is 9.88 Å². The molecule has 1 fully saturated rings. The van der Waals surface area contributed by atoms with E-state index in [2.05, 4.69) is 4.98 Å². The van der Waals surface area contributed by atoms with Crippen molar-refractivity contribution < 1.29 is 13.9 Å². The van der Waals surface area contributed by atoms with Gasteiger partial charge in [0.1, 0.15) is 11.3 Å². The highest BCUT2D eigenvalue weighted by atomic mass is 16.5. The van der Waals surface area contributed by atoms with Crippen molar-refractivity contribution in [2.24, 2.45) is 0 Å². The number of aryl methyl sites for hydroxylation is 1. The molecule has 0 aromatic carbocycles. The zero-order valence-electron chi connectivity index (χ0n) is 15.2. The molecule has 1 saturated carbocycles. The zero-order valence-corrected chi connectivity index (χ0v) is 15.2. The van der Waals surface area contributed by atoms with E-state index in [0.29, 0.717) is 36.9 Å². The number of nitrogens with zero attached hydrogens (tertiary/aromatic N) is 2. The molecule has 3 rings (SSSR count). The van der Waals surface area contributed by atoms with Crippen LogP contribution in [0.5, 0.6) is 0 Å². The molecule has 0 saturated heterocycles. The molecule has 1 aliphatic carbocycles. The van der Waals surface area contributed by atoms with Crippen LogP contribution in [0.15, 0.2) is 39.7 Å². The molecule has 2 aromatic heterocycles. The minimum Gasteiger partial charge on any atom is -0.427 e. The van der Waals surface area contributed by atoms with Gasteiger partial charge in [-0.25, -0.2) is 4.79 Å². The standard InChI is InChI=1S/C20H24N2O4/c1-14-12-17(15-6-5-7-15)26-20(24)18(14)19(23)22(10-11-25-2)13-16-8-3-4-9-21-16/h3-4,8-9,12,15H,5-7,10-11,13H2,1-2H3. The number of ether oxygens (including phenoxy) is 1. The molecule has 2 heterocycles. The maximum atomic E-state index is 13.0. The van der Waals surface area contributed by atoms with Crippen molar-refractivity contribution in [3.63, 3.8) is 0 Å². The summed E-state index contributed by atoms with van der Waals surface area (Å²) in [4.78, 5) is 31.4. The minimum atomic E-state index is -0.555. The average molecular weight is 356 g/mol. The quantitative estimate of drug-likeness (QED) is 0.763. The Balaban J connectivity index is 1.86. The van der Waals surface area contributed by atoms with Crippen LogP contribution in [0.2, 0.25) is 0 Å². The Kier molecular flexibility index (Phi) is 5.83. The molecule has 138 valence electrons. The van der Waals surface area contributed by atoms with Crippen LogP contribution in [0.3, 0.4) is 0 Å². The van der Waals surface area contributed by atoms with Crippen molar-refractivity contribution in [3.05, 3.63) is 63.5 Å². The first-order valence-corrected chi connectivity index (χ1v) is 8.93. The number of hydrogen-bond donors (Lipinski definition) is 0. The van der Waals surface area contributed by atoms with Gasteiger partial charge in [-0.05, 0) is 43.5 Å². The minimum absolute atomic E-state index is 0.0973. The third-order valence-electron chi connectivity index (χ3n) is 4.82. The SMILES string of the molecule is COCCN(Cc1ccccn1)C(=O)c1c(C)cc(C2CCC2)oc1=O. The number of aromatic nitrogens is 1. The summed E-state index contributed by atoms with van der Waals surface area (Å²) < 4.78 is 10.6. The fourth-order valence-corrected chi connectivity index (χ4v) is 3.08. The molecule has 6 nitrogen and oxygen atoms in total. The molecule has 0 bridgehead atoms. The smallest absolute Gasteiger partial charge is 0.349 e. The van der Waals surface area contributed by atoms with Crippen molar-refractivity contribution in [1.29, 1.82) is 0 Å². The maximum Gasteiger partial charge on any atom is 0.349 e. The summed E-state index contributed by atoms with van der Waals surface area (Å²) in [5.74, 6) is 0.659. The van der Waals surface area contributed by atoms with Crippen LogP contribution in [0, 0.1) is 6.92 Å². The lowest BCUT2D eigenvalue weighted by atomic mass is 9.83. The lowest BCUT2D eigenvalue weighted by Gasteiger charge is -2.25. The highest BCUT2D eigenvalue weighted by molar-refractivity contribution is 5.95. The predicted octanol–water partition coefficient (Wildman–Crippen LogP) is 2.90. The average Bonchev–Trinajstić information content (AvgIpc) is 2.57. The van der Waals surface area contributed by atoms with Gasteiger partial charge in [-0.3, -0.25) is 9.78 Å². The summed E-state index contributed by atoms with van der Waals surface area (Å²) in [7, 11) is 1.58. The van der Waals surface area contributed by atoms with Crippen LogP contribution >= 0.6 is 0 Å². The summed E-state index contributed by atoms with van der Waals surface area (Å²) in [6.07, 6.45) is 4.91. The predicted molar refractivity (Wildman–Crippen MR) is 97.2 cm³/mol. The van der Waals surface area contributed by atoms with Crippen molar-refractivity contribution >= 4 is 5.91 Å². The second-order valence-corrected chi connectivity index (χ2v) is 6.66. The Morgan fingerprint density at radius 2 is 2.19 bits per heavy atom. The normalized spacial score (nSPS) is 14.1. The highest BCUT2D eigenvalue weighted by Gasteiger charge is 2.27. The topological polar surface area (TPSA) is 72.6 Å². The molecule has 0 N–H and O–H groups in total. The molecule has 26 heavy (non-hydrogen) atoms. The van der Waals surface area contributed by atoms with E-state index in [1.54, 1.807) is 25.1 Å². The van der Waals surface area contributed by atoms with Gasteiger partial charge in [0.05, 0.1) is 18.8 Å². The molecule has 1 aliphatic rings. The summed E-state index contributed by atoms with van der Waals surface area (Å²) in [5, 5.41) is 0. The largest absolute Gasteiger partial charge is 0.427 e. The first-order valence-electron chi connectivity index (χ1n) is 8.93. The molecule has 2 aromatic rings. The van der Waals surface area contributed by atoms with Gasteiger partial charge in [0.15, 0.2) is 0 Å². The molecule has 0 spiro atoms. The third-order valence-corrected chi connectivity index (χ3v) is 4.82. The van der Waals surface area contributed by atoms with Gasteiger partial charge in [-0.1, -0.05) is 12.5 Å². The number of carbonyl (C=O) groups excluding carboxylic acids is 1. The lowest BCUT2D eigenvalue weighted by Crippen LogP contribution is -2.37. The van der Waals surface area contributed by atoms with Crippen molar-refractivity contribution in [2.75, 3.05) is 20.3 Å². The number of rotatable bonds is 7. The zero-order chi connectivity index (χ0) is 18.5. The van der Waals surface area contributed by atoms with Gasteiger partial charge in [0.2, 0.25) is 0 Å². The third kappa shape index (κ3) is 4.02. The van der Waals surface area contributed by atoms with Gasteiger partial charge in [0, 0.05) is 25.8 Å². The Hall–Kier alpha value is -2.47. The second kappa shape index (κ2) is 8.27. The Bertz CT molecular complexity index is 812. The molecular formula is C20H24N2O4. The number of carbonyl (C=O) groups is 1. The first kappa shape index (κ1) is 18.3. The van der Waals surface area contributed by atoms with Crippen LogP contribution in [-0.2, 0) is 11.3 Å². The fourth-order valence-electron chi connectivity index (χ4n) is 3.08. The van der Waals surface area contributed by atoms with E-state index in [0.717, 1.165) is 25.0 Å². The summed E-state index contributed by atoms with van der Waals surface area (Å²) >= 11 is 0. The molecule has 0 aliphatic heterocycles. The molecule has 0 unspecified atom stereocenters. The molecule has 6 heteroatoms. The monoisotopic (exact) mass is 356 g/mol. The van der Waals surface area contributed by atoms with E-state index < -0.39 is 5.63 Å². The summed E-state index contributed by atoms with van der Waals surface area (Å²) in [5.41, 5.74) is 0.960. The van der Waals surface area contributed by atoms with Crippen LogP contribution in [-0.4, -0.2) is 36.1 Å². The number of amides is 1. The van der Waals surface area contributed by atoms with E-state index in [-0.39, 0.29) is 11.5 Å². The van der Waals surface area contributed by atoms with E-state index >= 15 is 0 Å². The van der Waals surface area contributed by atoms with E-state index in [1.807, 2.05) is 24.3 Å². The van der Waals surface area contributed by atoms with Gasteiger partial charge in [-0.2, -0.15) is 0 Å². The van der Waals surface area contributed by atoms with Crippen LogP contribution in [0.4, 0.5) is 0 Å². The number of pyridine rings is 1. The summed E-state index contributed by atoms with van der Waals surface area (Å²) in [6.45, 7) is 2.85. The number of methoxy groups -OCH3 is 1. The molecule has 1 amide bonds. The van der Waals surface area contributed by atoms with Crippen LogP contribution in [0.1, 0.15) is 52.6 Å². The summed E-state index contributed by atoms with van der Waals surface area (Å²) in [6, 6.07) is 7.38. The van der Waals surface area contributed by atoms with Crippen LogP contribution in [0.25, 0.3) is 0 Å². The lowest BCUT2D eigenvalue weighted by molar-refractivity contribution is 0.0672. The number of hydrogen-bond acceptors (Lipinski definition) is 5. The van der Waals surface area contributed by atoms with Gasteiger partial charge < -0.3 is 14.1 Å². The Labute approximate surface area is 152 Å². The molecule has 0 atom stereocenters. The van der Waals surface area contributed by atoms with Crippen LogP contribution < -0.4 is 5.63 Å².